The zero-order valence-corrected chi connectivity index (χ0v) is 7.25. The second-order valence-electron chi connectivity index (χ2n) is 4.21. The molecule has 68 valence electrons. The Hall–Kier alpha value is -0.570. The molecule has 0 bridgehead atoms. The molecule has 3 heteroatoms. The topological polar surface area (TPSA) is 40.5 Å². The lowest BCUT2D eigenvalue weighted by atomic mass is 9.63. The molecule has 2 fully saturated rings. The van der Waals surface area contributed by atoms with Gasteiger partial charge in [0.2, 0.25) is 0 Å². The minimum Gasteiger partial charge on any atom is -0.481 e. The van der Waals surface area contributed by atoms with Crippen LogP contribution in [0.1, 0.15) is 25.7 Å². The van der Waals surface area contributed by atoms with Crippen molar-refractivity contribution in [2.45, 2.75) is 25.7 Å². The van der Waals surface area contributed by atoms with Gasteiger partial charge in [-0.2, -0.15) is 0 Å². The maximum Gasteiger partial charge on any atom is 0.304 e. The van der Waals surface area contributed by atoms with Gasteiger partial charge in [0.15, 0.2) is 0 Å². The Morgan fingerprint density at radius 2 is 2.08 bits per heavy atom. The monoisotopic (exact) mass is 169 g/mol. The molecule has 1 saturated carbocycles. The summed E-state index contributed by atoms with van der Waals surface area (Å²) in [6, 6.07) is 0. The number of hydrogen-bond acceptors (Lipinski definition) is 2. The van der Waals surface area contributed by atoms with Crippen LogP contribution in [0, 0.1) is 5.41 Å². The standard InChI is InChI=1S/C9H15NO2/c11-8(12)2-5-10-6-9(7-10)3-1-4-9/h1-7H2,(H,11,12). The molecule has 2 aliphatic rings. The average Bonchev–Trinajstić information content (AvgIpc) is 1.79. The highest BCUT2D eigenvalue weighted by Crippen LogP contribution is 2.47. The third kappa shape index (κ3) is 1.33. The molecule has 0 aromatic heterocycles. The van der Waals surface area contributed by atoms with Crippen LogP contribution in [0.15, 0.2) is 0 Å². The van der Waals surface area contributed by atoms with Gasteiger partial charge in [-0.3, -0.25) is 4.79 Å². The maximum absolute atomic E-state index is 10.3. The smallest absolute Gasteiger partial charge is 0.304 e. The van der Waals surface area contributed by atoms with E-state index < -0.39 is 5.97 Å². The van der Waals surface area contributed by atoms with Gasteiger partial charge in [0.1, 0.15) is 0 Å². The molecule has 2 rings (SSSR count). The first kappa shape index (κ1) is 8.05. The predicted molar refractivity (Wildman–Crippen MR) is 45.0 cm³/mol. The first-order chi connectivity index (χ1) is 5.70. The number of carboxylic acids is 1. The molecule has 0 unspecified atom stereocenters. The molecule has 1 spiro atoms. The number of nitrogens with zero attached hydrogens (tertiary/aromatic N) is 1. The third-order valence-corrected chi connectivity index (χ3v) is 3.17. The molecule has 1 saturated heterocycles. The number of hydrogen-bond donors (Lipinski definition) is 1. The van der Waals surface area contributed by atoms with Crippen molar-refractivity contribution in [3.05, 3.63) is 0 Å². The SMILES string of the molecule is O=C(O)CCN1CC2(CCC2)C1. The zero-order valence-electron chi connectivity index (χ0n) is 7.25. The van der Waals surface area contributed by atoms with Crippen molar-refractivity contribution in [1.82, 2.24) is 4.90 Å². The van der Waals surface area contributed by atoms with Gasteiger partial charge in [0.05, 0.1) is 6.42 Å². The lowest BCUT2D eigenvalue weighted by molar-refractivity contribution is -0.138. The van der Waals surface area contributed by atoms with Crippen molar-refractivity contribution in [2.24, 2.45) is 5.41 Å². The summed E-state index contributed by atoms with van der Waals surface area (Å²) in [6.07, 6.45) is 4.43. The van der Waals surface area contributed by atoms with Gasteiger partial charge < -0.3 is 10.0 Å². The molecule has 0 aromatic rings. The molecule has 0 atom stereocenters. The lowest BCUT2D eigenvalue weighted by Gasteiger charge is -2.56. The largest absolute Gasteiger partial charge is 0.481 e. The molecular formula is C9H15NO2. The molecule has 0 amide bonds. The van der Waals surface area contributed by atoms with Crippen molar-refractivity contribution in [3.63, 3.8) is 0 Å². The fourth-order valence-electron chi connectivity index (χ4n) is 2.31. The Morgan fingerprint density at radius 1 is 1.42 bits per heavy atom. The van der Waals surface area contributed by atoms with Gasteiger partial charge in [0.25, 0.3) is 0 Å². The van der Waals surface area contributed by atoms with Crippen LogP contribution in [0.3, 0.4) is 0 Å². The first-order valence-electron chi connectivity index (χ1n) is 4.64. The van der Waals surface area contributed by atoms with E-state index >= 15 is 0 Å². The molecule has 1 heterocycles. The third-order valence-electron chi connectivity index (χ3n) is 3.17. The van der Waals surface area contributed by atoms with E-state index in [1.165, 1.54) is 19.3 Å². The van der Waals surface area contributed by atoms with Crippen molar-refractivity contribution in [3.8, 4) is 0 Å². The Morgan fingerprint density at radius 3 is 2.50 bits per heavy atom. The summed E-state index contributed by atoms with van der Waals surface area (Å²) < 4.78 is 0. The Balaban J connectivity index is 1.64. The summed E-state index contributed by atoms with van der Waals surface area (Å²) in [6.45, 7) is 3.05. The number of carboxylic acid groups (broad SMARTS) is 1. The Kier molecular flexibility index (Phi) is 1.83. The fraction of sp³-hybridized carbons (Fsp3) is 0.889. The van der Waals surface area contributed by atoms with Crippen molar-refractivity contribution in [2.75, 3.05) is 19.6 Å². The van der Waals surface area contributed by atoms with E-state index in [1.54, 1.807) is 0 Å². The molecule has 1 N–H and O–H groups in total. The van der Waals surface area contributed by atoms with Gasteiger partial charge >= 0.3 is 5.97 Å². The zero-order chi connectivity index (χ0) is 8.60. The van der Waals surface area contributed by atoms with Crippen LogP contribution < -0.4 is 0 Å². The van der Waals surface area contributed by atoms with Crippen LogP contribution in [0.25, 0.3) is 0 Å². The van der Waals surface area contributed by atoms with E-state index in [0.29, 0.717) is 11.8 Å². The molecule has 3 nitrogen and oxygen atoms in total. The van der Waals surface area contributed by atoms with Crippen LogP contribution in [-0.2, 0) is 4.79 Å². The molecule has 0 radical (unpaired) electrons. The minimum absolute atomic E-state index is 0.302. The summed E-state index contributed by atoms with van der Waals surface area (Å²) in [5.41, 5.74) is 0.637. The average molecular weight is 169 g/mol. The Bertz CT molecular complexity index is 191. The van der Waals surface area contributed by atoms with E-state index in [4.69, 9.17) is 5.11 Å². The van der Waals surface area contributed by atoms with Crippen molar-refractivity contribution >= 4 is 5.97 Å². The highest BCUT2D eigenvalue weighted by molar-refractivity contribution is 5.66. The second-order valence-corrected chi connectivity index (χ2v) is 4.21. The lowest BCUT2D eigenvalue weighted by Crippen LogP contribution is -2.59. The van der Waals surface area contributed by atoms with Crippen molar-refractivity contribution in [1.29, 1.82) is 0 Å². The van der Waals surface area contributed by atoms with E-state index in [2.05, 4.69) is 4.90 Å². The van der Waals surface area contributed by atoms with Gasteiger partial charge in [-0.05, 0) is 18.3 Å². The number of likely N-dealkylation sites (tertiary alicyclic amines) is 1. The first-order valence-corrected chi connectivity index (χ1v) is 4.64. The summed E-state index contributed by atoms with van der Waals surface area (Å²) in [5.74, 6) is -0.676. The second kappa shape index (κ2) is 2.73. The molecule has 1 aliphatic heterocycles. The summed E-state index contributed by atoms with van der Waals surface area (Å²) in [5, 5.41) is 8.46. The highest BCUT2D eigenvalue weighted by Gasteiger charge is 2.46. The number of aliphatic carboxylic acids is 1. The van der Waals surface area contributed by atoms with Gasteiger partial charge in [-0.15, -0.1) is 0 Å². The maximum atomic E-state index is 10.3. The quantitative estimate of drug-likeness (QED) is 0.683. The normalized spacial score (nSPS) is 26.3. The van der Waals surface area contributed by atoms with E-state index in [1.807, 2.05) is 0 Å². The molecule has 1 aliphatic carbocycles. The molecule has 0 aromatic carbocycles. The summed E-state index contributed by atoms with van der Waals surface area (Å²) in [7, 11) is 0. The van der Waals surface area contributed by atoms with Crippen LogP contribution in [0.4, 0.5) is 0 Å². The highest BCUT2D eigenvalue weighted by atomic mass is 16.4. The van der Waals surface area contributed by atoms with Crippen LogP contribution in [0.2, 0.25) is 0 Å². The summed E-state index contributed by atoms with van der Waals surface area (Å²) in [4.78, 5) is 12.5. The molecular weight excluding hydrogens is 154 g/mol. The van der Waals surface area contributed by atoms with Crippen LogP contribution in [-0.4, -0.2) is 35.6 Å². The van der Waals surface area contributed by atoms with Crippen LogP contribution in [0.5, 0.6) is 0 Å². The predicted octanol–water partition coefficient (Wildman–Crippen LogP) is 0.947. The Labute approximate surface area is 72.4 Å². The van der Waals surface area contributed by atoms with Gasteiger partial charge in [-0.25, -0.2) is 0 Å². The molecule has 12 heavy (non-hydrogen) atoms. The van der Waals surface area contributed by atoms with E-state index in [-0.39, 0.29) is 0 Å². The fourth-order valence-corrected chi connectivity index (χ4v) is 2.31. The number of carbonyl (C=O) groups is 1. The number of rotatable bonds is 3. The van der Waals surface area contributed by atoms with E-state index in [9.17, 15) is 4.79 Å². The van der Waals surface area contributed by atoms with Gasteiger partial charge in [-0.1, -0.05) is 6.42 Å². The minimum atomic E-state index is -0.676. The van der Waals surface area contributed by atoms with Crippen LogP contribution >= 0.6 is 0 Å². The summed E-state index contributed by atoms with van der Waals surface area (Å²) >= 11 is 0. The van der Waals surface area contributed by atoms with E-state index in [0.717, 1.165) is 19.6 Å². The van der Waals surface area contributed by atoms with Crippen molar-refractivity contribution < 1.29 is 9.90 Å². The van der Waals surface area contributed by atoms with Gasteiger partial charge in [0, 0.05) is 19.6 Å².